The number of hydrogen-bond donors (Lipinski definition) is 0. The molecule has 0 spiro atoms. The number of aryl methyl sites for hydroxylation is 1. The third-order valence-electron chi connectivity index (χ3n) is 13.4. The van der Waals surface area contributed by atoms with Crippen molar-refractivity contribution in [1.29, 1.82) is 0 Å². The first-order valence-electron chi connectivity index (χ1n) is 24.5. The second kappa shape index (κ2) is 21.0. The summed E-state index contributed by atoms with van der Waals surface area (Å²) < 4.78 is 7.46. The van der Waals surface area contributed by atoms with E-state index in [4.69, 9.17) is 9.53 Å². The van der Waals surface area contributed by atoms with E-state index < -0.39 is 15.3 Å². The van der Waals surface area contributed by atoms with E-state index >= 15 is 0 Å². The summed E-state index contributed by atoms with van der Waals surface area (Å²) in [5, 5.41) is 0. The quantitative estimate of drug-likeness (QED) is 0.0781. The Balaban J connectivity index is 1.54. The van der Waals surface area contributed by atoms with Crippen molar-refractivity contribution in [3.8, 4) is 16.9 Å². The van der Waals surface area contributed by atoms with E-state index in [9.17, 15) is 0 Å². The van der Waals surface area contributed by atoms with E-state index in [-0.39, 0.29) is 11.8 Å². The number of aromatic nitrogens is 2. The summed E-state index contributed by atoms with van der Waals surface area (Å²) in [5.74, 6) is 0.821. The summed E-state index contributed by atoms with van der Waals surface area (Å²) in [7, 11) is 12.8. The van der Waals surface area contributed by atoms with Gasteiger partial charge >= 0.3 is 423 Å². The molecule has 69 heavy (non-hydrogen) atoms. The van der Waals surface area contributed by atoms with Crippen molar-refractivity contribution in [2.45, 2.75) is 84.6 Å². The molecule has 0 bridgehead atoms. The van der Waals surface area contributed by atoms with Crippen LogP contribution >= 0.6 is 9.53 Å². The summed E-state index contributed by atoms with van der Waals surface area (Å²) in [6, 6.07) is 70.0. The molecule has 0 N–H and O–H groups in total. The predicted octanol–water partition coefficient (Wildman–Crippen LogP) is 16.1. The molecule has 5 heteroatoms. The monoisotopic (exact) mass is 1020 g/mol. The minimum atomic E-state index is -2.29. The summed E-state index contributed by atoms with van der Waals surface area (Å²) in [4.78, 5) is 2.26. The van der Waals surface area contributed by atoms with Crippen molar-refractivity contribution in [2.75, 3.05) is 14.1 Å². The molecule has 354 valence electrons. The fraction of sp³-hybridized carbons (Fsp3) is 0.234. The molecule has 3 nitrogen and oxygen atoms in total. The van der Waals surface area contributed by atoms with Gasteiger partial charge in [-0.1, -0.05) is 0 Å². The molecule has 0 saturated carbocycles. The van der Waals surface area contributed by atoms with Gasteiger partial charge in [-0.2, -0.15) is 0 Å². The first-order chi connectivity index (χ1) is 33.4. The first-order valence-corrected chi connectivity index (χ1v) is 28.1. The number of rotatable bonds is 14. The number of halogens is 1. The zero-order chi connectivity index (χ0) is 48.3. The van der Waals surface area contributed by atoms with Gasteiger partial charge in [0.25, 0.3) is 0 Å². The van der Waals surface area contributed by atoms with Crippen molar-refractivity contribution in [3.63, 3.8) is 0 Å². The third-order valence-corrected chi connectivity index (χ3v) is 17.6. The Morgan fingerprint density at radius 3 is 1.38 bits per heavy atom. The number of nitrogens with zero attached hydrogens (tertiary/aromatic N) is 3. The molecule has 0 amide bonds. The van der Waals surface area contributed by atoms with Crippen LogP contribution < -0.4 is 4.04 Å². The van der Waals surface area contributed by atoms with E-state index in [1.807, 2.05) is 0 Å². The zero-order valence-electron chi connectivity index (χ0n) is 41.6. The number of imidazole rings is 1. The van der Waals surface area contributed by atoms with Crippen LogP contribution in [0.5, 0.6) is 0 Å². The Morgan fingerprint density at radius 2 is 0.942 bits per heavy atom. The van der Waals surface area contributed by atoms with Crippen LogP contribution in [0.2, 0.25) is 0 Å². The average molecular weight is 1020 g/mol. The molecule has 0 radical (unpaired) electrons. The molecule has 2 aromatic heterocycles. The first kappa shape index (κ1) is 48.2. The maximum absolute atomic E-state index is 8.55. The molecule has 7 aromatic carbocycles. The zero-order valence-corrected chi connectivity index (χ0v) is 43.9. The molecule has 0 atom stereocenters. The number of benzene rings is 7. The topological polar surface area (TPSA) is 12.6 Å². The SMILES string of the molecule is Cc1cc(C(c2ccccc2)c2ccccc2)c(-n2cc3cccc(-c4c(C(C)C)cc(C(C)C)cc4C(C)C)n3[c]2=[Pd]([Cl])[c]2ccccc2CN(C)C)c(C(c2ccccc2)c2ccccc2)c1. The molecule has 9 rings (SSSR count). The van der Waals surface area contributed by atoms with Crippen LogP contribution in [-0.2, 0) is 21.8 Å². The normalized spacial score (nSPS) is 12.9. The van der Waals surface area contributed by atoms with Gasteiger partial charge < -0.3 is 0 Å². The van der Waals surface area contributed by atoms with Gasteiger partial charge in [-0.05, 0) is 0 Å². The van der Waals surface area contributed by atoms with Gasteiger partial charge in [-0.3, -0.25) is 0 Å². The second-order valence-corrected chi connectivity index (χ2v) is 23.7. The maximum atomic E-state index is 8.55. The Morgan fingerprint density at radius 1 is 0.493 bits per heavy atom. The van der Waals surface area contributed by atoms with E-state index in [1.165, 1.54) is 82.2 Å². The van der Waals surface area contributed by atoms with Crippen molar-refractivity contribution in [3.05, 3.63) is 259 Å². The predicted molar refractivity (Wildman–Crippen MR) is 289 cm³/mol. The molecule has 0 unspecified atom stereocenters. The Kier molecular flexibility index (Phi) is 14.7. The fourth-order valence-corrected chi connectivity index (χ4v) is 14.3. The van der Waals surface area contributed by atoms with E-state index in [0.29, 0.717) is 17.8 Å². The fourth-order valence-electron chi connectivity index (χ4n) is 10.2. The summed E-state index contributed by atoms with van der Waals surface area (Å²) in [6.45, 7) is 17.1. The molecule has 0 saturated heterocycles. The van der Waals surface area contributed by atoms with Crippen LogP contribution in [0, 0.1) is 10.8 Å². The molecular formula is C64H66ClN3Pd. The van der Waals surface area contributed by atoms with Crippen molar-refractivity contribution >= 4 is 19.1 Å². The average Bonchev–Trinajstić information content (AvgIpc) is 3.74. The van der Waals surface area contributed by atoms with E-state index in [2.05, 4.69) is 271 Å². The molecule has 0 fully saturated rings. The van der Waals surface area contributed by atoms with Crippen molar-refractivity contribution in [2.24, 2.45) is 0 Å². The van der Waals surface area contributed by atoms with Gasteiger partial charge in [0.2, 0.25) is 0 Å². The number of fused-ring (bicyclic) bond motifs is 1. The number of pyridine rings is 1. The minimum absolute atomic E-state index is 0.0893. The molecule has 9 aromatic rings. The Labute approximate surface area is 420 Å². The van der Waals surface area contributed by atoms with Crippen molar-refractivity contribution < 1.29 is 15.3 Å². The van der Waals surface area contributed by atoms with Gasteiger partial charge in [0.1, 0.15) is 0 Å². The second-order valence-electron chi connectivity index (χ2n) is 19.7. The third kappa shape index (κ3) is 9.84. The van der Waals surface area contributed by atoms with E-state index in [1.54, 1.807) is 0 Å². The van der Waals surface area contributed by atoms with Crippen LogP contribution in [0.15, 0.2) is 194 Å². The van der Waals surface area contributed by atoms with Gasteiger partial charge in [0, 0.05) is 0 Å². The van der Waals surface area contributed by atoms with Crippen molar-refractivity contribution in [1.82, 2.24) is 13.9 Å². The van der Waals surface area contributed by atoms with Crippen LogP contribution in [-0.4, -0.2) is 28.0 Å². The van der Waals surface area contributed by atoms with Crippen LogP contribution in [0.4, 0.5) is 0 Å². The van der Waals surface area contributed by atoms with Gasteiger partial charge in [-0.15, -0.1) is 0 Å². The summed E-state index contributed by atoms with van der Waals surface area (Å²) >= 11 is -2.29. The van der Waals surface area contributed by atoms with E-state index in [0.717, 1.165) is 16.0 Å². The molecule has 0 aliphatic rings. The molecular weight excluding hydrogens is 953 g/mol. The molecule has 0 aliphatic carbocycles. The van der Waals surface area contributed by atoms with Crippen LogP contribution in [0.25, 0.3) is 22.5 Å². The summed E-state index contributed by atoms with van der Waals surface area (Å²) in [5.41, 5.74) is 18.8. The summed E-state index contributed by atoms with van der Waals surface area (Å²) in [6.07, 6.45) is 2.41. The standard InChI is InChI=1S/C55H54N2.C9H12N.ClH.Pd/c1-37(2)45-33-47(38(3)4)54(48(34-45)39(5)6)51-30-20-29-46-35-56(36-57(46)51)55-49(52(41-21-12-8-13-22-41)42-23-14-9-15-24-42)31-40(7)32-50(55)53(43-25-16-10-17-26-43)44-27-18-11-19-28-44;1-10(2)8-9-6-4-3-5-7-9;;/h8-35,37-39,52-53H,1-7H3;3-6H,8H2,1-2H3;1H;/q;;;+1/p-1. The Bertz CT molecular complexity index is 3060. The van der Waals surface area contributed by atoms with Gasteiger partial charge in [0.05, 0.1) is 0 Å². The van der Waals surface area contributed by atoms with Crippen LogP contribution in [0.3, 0.4) is 0 Å². The van der Waals surface area contributed by atoms with Gasteiger partial charge in [0.15, 0.2) is 0 Å². The number of hydrogen-bond acceptors (Lipinski definition) is 1. The molecule has 0 aliphatic heterocycles. The van der Waals surface area contributed by atoms with Crippen LogP contribution in [0.1, 0.15) is 132 Å². The van der Waals surface area contributed by atoms with Gasteiger partial charge in [-0.25, -0.2) is 0 Å². The molecule has 2 heterocycles. The Hall–Kier alpha value is -5.86.